The van der Waals surface area contributed by atoms with Gasteiger partial charge in [0.1, 0.15) is 0 Å². The Labute approximate surface area is 177 Å². The number of halogens is 1. The Balaban J connectivity index is 1.97. The van der Waals surface area contributed by atoms with E-state index in [-0.39, 0.29) is 21.4 Å². The minimum Gasteiger partial charge on any atom is -0.443 e. The van der Waals surface area contributed by atoms with Crippen molar-refractivity contribution in [2.75, 3.05) is 13.1 Å². The summed E-state index contributed by atoms with van der Waals surface area (Å²) in [6.07, 6.45) is 1.42. The molecule has 0 saturated carbocycles. The Morgan fingerprint density at radius 1 is 1.00 bits per heavy atom. The van der Waals surface area contributed by atoms with Crippen LogP contribution in [-0.2, 0) is 10.0 Å². The van der Waals surface area contributed by atoms with E-state index < -0.39 is 31.2 Å². The summed E-state index contributed by atoms with van der Waals surface area (Å²) in [4.78, 5) is 21.0. The third-order valence-electron chi connectivity index (χ3n) is 4.85. The monoisotopic (exact) mass is 455 g/mol. The molecule has 12 heteroatoms. The number of ether oxygens (including phenoxy) is 1. The van der Waals surface area contributed by atoms with Crippen LogP contribution in [0.3, 0.4) is 0 Å². The Hall–Kier alpha value is -2.76. The second-order valence-corrected chi connectivity index (χ2v) is 9.32. The number of hydrogen-bond donors (Lipinski definition) is 0. The molecule has 1 saturated heterocycles. The van der Waals surface area contributed by atoms with Crippen molar-refractivity contribution in [3.8, 4) is 11.5 Å². The molecule has 1 aliphatic heterocycles. The predicted octanol–water partition coefficient (Wildman–Crippen LogP) is 4.37. The highest BCUT2D eigenvalue weighted by atomic mass is 35.5. The molecule has 0 unspecified atom stereocenters. The van der Waals surface area contributed by atoms with E-state index in [1.807, 2.05) is 6.92 Å². The highest BCUT2D eigenvalue weighted by Gasteiger charge is 2.31. The standard InChI is InChI=1S/C18H18ClN3O7S/c1-12-6-8-20(9-7-12)30(27,28)14-3-5-18(16(11-14)22(25)26)29-17-4-2-13(19)10-15(17)21(23)24/h2-5,10-12H,6-9H2,1H3. The van der Waals surface area contributed by atoms with E-state index in [1.54, 1.807) is 0 Å². The van der Waals surface area contributed by atoms with E-state index in [0.717, 1.165) is 18.2 Å². The maximum Gasteiger partial charge on any atom is 0.313 e. The third kappa shape index (κ3) is 4.53. The number of nitro benzene ring substituents is 2. The summed E-state index contributed by atoms with van der Waals surface area (Å²) in [6, 6.07) is 6.83. The molecule has 30 heavy (non-hydrogen) atoms. The molecule has 3 rings (SSSR count). The van der Waals surface area contributed by atoms with Crippen LogP contribution in [-0.4, -0.2) is 35.7 Å². The molecule has 2 aromatic rings. The summed E-state index contributed by atoms with van der Waals surface area (Å²) in [6.45, 7) is 2.72. The van der Waals surface area contributed by atoms with Crippen LogP contribution in [0.4, 0.5) is 11.4 Å². The van der Waals surface area contributed by atoms with Crippen LogP contribution in [0.5, 0.6) is 11.5 Å². The van der Waals surface area contributed by atoms with E-state index in [0.29, 0.717) is 31.8 Å². The Morgan fingerprint density at radius 2 is 1.53 bits per heavy atom. The maximum atomic E-state index is 12.9. The highest BCUT2D eigenvalue weighted by molar-refractivity contribution is 7.89. The third-order valence-corrected chi connectivity index (χ3v) is 6.97. The minimum atomic E-state index is -3.91. The van der Waals surface area contributed by atoms with Gasteiger partial charge in [0.25, 0.3) is 0 Å². The molecule has 1 fully saturated rings. The first kappa shape index (κ1) is 21.9. The average Bonchev–Trinajstić information content (AvgIpc) is 2.69. The lowest BCUT2D eigenvalue weighted by molar-refractivity contribution is -0.387. The van der Waals surface area contributed by atoms with Crippen molar-refractivity contribution in [2.24, 2.45) is 5.92 Å². The van der Waals surface area contributed by atoms with Gasteiger partial charge in [-0.05, 0) is 43.0 Å². The van der Waals surface area contributed by atoms with Crippen molar-refractivity contribution in [1.29, 1.82) is 0 Å². The van der Waals surface area contributed by atoms with E-state index in [1.165, 1.54) is 22.5 Å². The van der Waals surface area contributed by atoms with Crippen molar-refractivity contribution in [3.63, 3.8) is 0 Å². The Kier molecular flexibility index (Phi) is 6.25. The molecule has 0 atom stereocenters. The molecule has 1 aliphatic rings. The van der Waals surface area contributed by atoms with Crippen LogP contribution in [0, 0.1) is 26.1 Å². The summed E-state index contributed by atoms with van der Waals surface area (Å²) in [5.74, 6) is -0.165. The van der Waals surface area contributed by atoms with Gasteiger partial charge in [-0.25, -0.2) is 8.42 Å². The number of benzene rings is 2. The second-order valence-electron chi connectivity index (χ2n) is 6.94. The first-order valence-electron chi connectivity index (χ1n) is 9.00. The van der Waals surface area contributed by atoms with E-state index in [9.17, 15) is 28.6 Å². The predicted molar refractivity (Wildman–Crippen MR) is 108 cm³/mol. The quantitative estimate of drug-likeness (QED) is 0.466. The Bertz CT molecular complexity index is 1100. The zero-order valence-corrected chi connectivity index (χ0v) is 17.4. The first-order valence-corrected chi connectivity index (χ1v) is 10.8. The molecule has 0 aromatic heterocycles. The zero-order valence-electron chi connectivity index (χ0n) is 15.9. The molecule has 0 bridgehead atoms. The van der Waals surface area contributed by atoms with Gasteiger partial charge in [-0.1, -0.05) is 18.5 Å². The van der Waals surface area contributed by atoms with Gasteiger partial charge < -0.3 is 4.74 Å². The van der Waals surface area contributed by atoms with Crippen molar-refractivity contribution < 1.29 is 23.0 Å². The molecule has 10 nitrogen and oxygen atoms in total. The van der Waals surface area contributed by atoms with Crippen LogP contribution >= 0.6 is 11.6 Å². The smallest absolute Gasteiger partial charge is 0.313 e. The number of rotatable bonds is 6. The number of nitrogens with zero attached hydrogens (tertiary/aromatic N) is 3. The van der Waals surface area contributed by atoms with E-state index in [4.69, 9.17) is 16.3 Å². The molecule has 0 radical (unpaired) electrons. The SMILES string of the molecule is CC1CCN(S(=O)(=O)c2ccc(Oc3ccc(Cl)cc3[N+](=O)[O-])c([N+](=O)[O-])c2)CC1. The summed E-state index contributed by atoms with van der Waals surface area (Å²) in [5.41, 5.74) is -1.10. The van der Waals surface area contributed by atoms with Crippen molar-refractivity contribution in [2.45, 2.75) is 24.7 Å². The van der Waals surface area contributed by atoms with Gasteiger partial charge in [-0.3, -0.25) is 20.2 Å². The number of hydrogen-bond acceptors (Lipinski definition) is 7. The lowest BCUT2D eigenvalue weighted by Gasteiger charge is -2.29. The second kappa shape index (κ2) is 8.54. The molecular formula is C18H18ClN3O7S. The van der Waals surface area contributed by atoms with Crippen molar-refractivity contribution >= 4 is 33.0 Å². The summed E-state index contributed by atoms with van der Waals surface area (Å²) < 4.78 is 32.5. The molecule has 160 valence electrons. The molecule has 0 amide bonds. The van der Waals surface area contributed by atoms with Crippen LogP contribution in [0.15, 0.2) is 41.3 Å². The number of piperidine rings is 1. The molecular weight excluding hydrogens is 438 g/mol. The summed E-state index contributed by atoms with van der Waals surface area (Å²) >= 11 is 5.76. The lowest BCUT2D eigenvalue weighted by Crippen LogP contribution is -2.37. The zero-order chi connectivity index (χ0) is 22.1. The van der Waals surface area contributed by atoms with E-state index in [2.05, 4.69) is 0 Å². The largest absolute Gasteiger partial charge is 0.443 e. The molecule has 2 aromatic carbocycles. The Morgan fingerprint density at radius 3 is 2.10 bits per heavy atom. The van der Waals surface area contributed by atoms with Crippen molar-refractivity contribution in [1.82, 2.24) is 4.31 Å². The topological polar surface area (TPSA) is 133 Å². The van der Waals surface area contributed by atoms with E-state index >= 15 is 0 Å². The average molecular weight is 456 g/mol. The molecule has 0 aliphatic carbocycles. The fourth-order valence-electron chi connectivity index (χ4n) is 3.10. The van der Waals surface area contributed by atoms with Gasteiger partial charge in [-0.2, -0.15) is 4.31 Å². The van der Waals surface area contributed by atoms with Crippen LogP contribution in [0.1, 0.15) is 19.8 Å². The van der Waals surface area contributed by atoms with Crippen LogP contribution in [0.25, 0.3) is 0 Å². The number of sulfonamides is 1. The number of nitro groups is 2. The van der Waals surface area contributed by atoms with Gasteiger partial charge in [0.05, 0.1) is 14.7 Å². The lowest BCUT2D eigenvalue weighted by atomic mass is 10.0. The molecule has 0 N–H and O–H groups in total. The van der Waals surface area contributed by atoms with Gasteiger partial charge in [-0.15, -0.1) is 0 Å². The fourth-order valence-corrected chi connectivity index (χ4v) is 4.76. The minimum absolute atomic E-state index is 0.0980. The first-order chi connectivity index (χ1) is 14.1. The highest BCUT2D eigenvalue weighted by Crippen LogP contribution is 2.39. The van der Waals surface area contributed by atoms with Gasteiger partial charge in [0, 0.05) is 30.2 Å². The molecule has 1 heterocycles. The van der Waals surface area contributed by atoms with Crippen LogP contribution in [0.2, 0.25) is 5.02 Å². The summed E-state index contributed by atoms with van der Waals surface area (Å²) in [5, 5.41) is 22.9. The fraction of sp³-hybridized carbons (Fsp3) is 0.333. The van der Waals surface area contributed by atoms with Gasteiger partial charge >= 0.3 is 11.4 Å². The maximum absolute atomic E-state index is 12.9. The summed E-state index contributed by atoms with van der Waals surface area (Å²) in [7, 11) is -3.91. The van der Waals surface area contributed by atoms with Crippen molar-refractivity contribution in [3.05, 3.63) is 61.6 Å². The normalized spacial score (nSPS) is 15.7. The van der Waals surface area contributed by atoms with Gasteiger partial charge in [0.2, 0.25) is 21.5 Å². The molecule has 0 spiro atoms. The van der Waals surface area contributed by atoms with Crippen LogP contribution < -0.4 is 4.74 Å². The van der Waals surface area contributed by atoms with Gasteiger partial charge in [0.15, 0.2) is 0 Å².